The van der Waals surface area contributed by atoms with E-state index in [0.717, 1.165) is 35.3 Å². The summed E-state index contributed by atoms with van der Waals surface area (Å²) in [5.74, 6) is 2.74. The maximum absolute atomic E-state index is 10.1. The van der Waals surface area contributed by atoms with Gasteiger partial charge in [-0.1, -0.05) is 17.8 Å². The summed E-state index contributed by atoms with van der Waals surface area (Å²) in [6.07, 6.45) is 2.01. The van der Waals surface area contributed by atoms with Gasteiger partial charge >= 0.3 is 0 Å². The van der Waals surface area contributed by atoms with Gasteiger partial charge in [-0.25, -0.2) is 0 Å². The van der Waals surface area contributed by atoms with E-state index in [1.165, 1.54) is 0 Å². The van der Waals surface area contributed by atoms with E-state index in [9.17, 15) is 5.11 Å². The van der Waals surface area contributed by atoms with Crippen molar-refractivity contribution < 1.29 is 9.84 Å². The first-order valence-electron chi connectivity index (χ1n) is 7.77. The van der Waals surface area contributed by atoms with E-state index < -0.39 is 0 Å². The molecular weight excluding hydrogens is 312 g/mol. The van der Waals surface area contributed by atoms with Gasteiger partial charge in [0.1, 0.15) is 5.75 Å². The highest BCUT2D eigenvalue weighted by Gasteiger charge is 2.30. The molecular formula is C16H22N4O2S. The molecule has 1 aliphatic carbocycles. The highest BCUT2D eigenvalue weighted by Crippen LogP contribution is 2.35. The molecule has 1 aliphatic rings. The number of ether oxygens (including phenoxy) is 1. The molecule has 0 bridgehead atoms. The molecule has 0 aliphatic heterocycles. The quantitative estimate of drug-likeness (QED) is 0.718. The Hall–Kier alpha value is -1.57. The average molecular weight is 334 g/mol. The Balaban J connectivity index is 1.86. The first kappa shape index (κ1) is 16.3. The number of aromatic nitrogens is 3. The van der Waals surface area contributed by atoms with Gasteiger partial charge in [0.2, 0.25) is 0 Å². The summed E-state index contributed by atoms with van der Waals surface area (Å²) in [7, 11) is 3.54. The molecule has 2 aromatic rings. The molecule has 23 heavy (non-hydrogen) atoms. The lowest BCUT2D eigenvalue weighted by Crippen LogP contribution is -2.14. The topological polar surface area (TPSA) is 72.2 Å². The second-order valence-electron chi connectivity index (χ2n) is 5.68. The molecule has 6 nitrogen and oxygen atoms in total. The van der Waals surface area contributed by atoms with Gasteiger partial charge in [-0.15, -0.1) is 10.2 Å². The number of nitrogens with one attached hydrogen (secondary N) is 1. The fourth-order valence-electron chi connectivity index (χ4n) is 2.45. The Morgan fingerprint density at radius 1 is 1.43 bits per heavy atom. The van der Waals surface area contributed by atoms with E-state index in [-0.39, 0.29) is 6.10 Å². The maximum atomic E-state index is 10.1. The summed E-state index contributed by atoms with van der Waals surface area (Å²) >= 11 is 1.55. The van der Waals surface area contributed by atoms with Crippen molar-refractivity contribution in [2.45, 2.75) is 30.6 Å². The molecule has 3 rings (SSSR count). The zero-order chi connectivity index (χ0) is 16.2. The zero-order valence-corrected chi connectivity index (χ0v) is 14.2. The predicted molar refractivity (Wildman–Crippen MR) is 90.1 cm³/mol. The number of methoxy groups -OCH3 is 1. The fraction of sp³-hybridized carbons (Fsp3) is 0.500. The fourth-order valence-corrected chi connectivity index (χ4v) is 3.48. The van der Waals surface area contributed by atoms with Crippen LogP contribution in [-0.2, 0) is 6.54 Å². The lowest BCUT2D eigenvalue weighted by atomic mass is 10.3. The maximum Gasteiger partial charge on any atom is 0.195 e. The van der Waals surface area contributed by atoms with Crippen LogP contribution < -0.4 is 10.1 Å². The van der Waals surface area contributed by atoms with Crippen LogP contribution in [-0.4, -0.2) is 45.9 Å². The first-order valence-corrected chi connectivity index (χ1v) is 8.75. The third kappa shape index (κ3) is 3.85. The lowest BCUT2D eigenvalue weighted by molar-refractivity contribution is 0.176. The molecule has 7 heteroatoms. The SMILES string of the molecule is CNCc1nnc(SC[C@@H](O)C2CC2)n1-c1cccc(OC)c1. The first-order chi connectivity index (χ1) is 11.2. The summed E-state index contributed by atoms with van der Waals surface area (Å²) < 4.78 is 7.33. The Morgan fingerprint density at radius 3 is 2.96 bits per heavy atom. The normalized spacial score (nSPS) is 15.6. The summed E-state index contributed by atoms with van der Waals surface area (Å²) in [6.45, 7) is 0.621. The lowest BCUT2D eigenvalue weighted by Gasteiger charge is -2.12. The molecule has 124 valence electrons. The predicted octanol–water partition coefficient (Wildman–Crippen LogP) is 1.86. The molecule has 0 amide bonds. The molecule has 1 fully saturated rings. The Labute approximate surface area is 140 Å². The Morgan fingerprint density at radius 2 is 2.26 bits per heavy atom. The number of hydrogen-bond donors (Lipinski definition) is 2. The zero-order valence-electron chi connectivity index (χ0n) is 13.4. The van der Waals surface area contributed by atoms with Crippen LogP contribution in [0.5, 0.6) is 5.75 Å². The number of benzene rings is 1. The van der Waals surface area contributed by atoms with Gasteiger partial charge in [0.05, 0.1) is 25.4 Å². The number of hydrogen-bond acceptors (Lipinski definition) is 6. The van der Waals surface area contributed by atoms with E-state index in [2.05, 4.69) is 15.5 Å². The summed E-state index contributed by atoms with van der Waals surface area (Å²) in [5.41, 5.74) is 0.961. The van der Waals surface area contributed by atoms with Crippen LogP contribution >= 0.6 is 11.8 Å². The number of aliphatic hydroxyl groups is 1. The Kier molecular flexibility index (Phi) is 5.20. The van der Waals surface area contributed by atoms with Crippen molar-refractivity contribution in [3.05, 3.63) is 30.1 Å². The molecule has 0 radical (unpaired) electrons. The molecule has 0 spiro atoms. The second-order valence-corrected chi connectivity index (χ2v) is 6.67. The van der Waals surface area contributed by atoms with Gasteiger partial charge in [-0.2, -0.15) is 0 Å². The number of nitrogens with zero attached hydrogens (tertiary/aromatic N) is 3. The highest BCUT2D eigenvalue weighted by atomic mass is 32.2. The minimum atomic E-state index is -0.261. The van der Waals surface area contributed by atoms with Crippen molar-refractivity contribution in [3.8, 4) is 11.4 Å². The molecule has 1 saturated carbocycles. The van der Waals surface area contributed by atoms with Crippen LogP contribution in [0.15, 0.2) is 29.4 Å². The molecule has 2 N–H and O–H groups in total. The third-order valence-corrected chi connectivity index (χ3v) is 4.93. The van der Waals surface area contributed by atoms with E-state index >= 15 is 0 Å². The average Bonchev–Trinajstić information content (AvgIpc) is 3.35. The van der Waals surface area contributed by atoms with Crippen LogP contribution in [0.4, 0.5) is 0 Å². The van der Waals surface area contributed by atoms with Crippen molar-refractivity contribution in [2.75, 3.05) is 19.9 Å². The van der Waals surface area contributed by atoms with Gasteiger partial charge < -0.3 is 15.2 Å². The molecule has 1 atom stereocenters. The van der Waals surface area contributed by atoms with Crippen LogP contribution in [0.2, 0.25) is 0 Å². The highest BCUT2D eigenvalue weighted by molar-refractivity contribution is 7.99. The smallest absolute Gasteiger partial charge is 0.195 e. The van der Waals surface area contributed by atoms with Gasteiger partial charge in [0, 0.05) is 11.8 Å². The molecule has 1 aromatic carbocycles. The van der Waals surface area contributed by atoms with Gasteiger partial charge in [0.25, 0.3) is 0 Å². The van der Waals surface area contributed by atoms with Crippen LogP contribution in [0.3, 0.4) is 0 Å². The van der Waals surface area contributed by atoms with E-state index in [1.807, 2.05) is 35.9 Å². The van der Waals surface area contributed by atoms with Crippen molar-refractivity contribution in [3.63, 3.8) is 0 Å². The molecule has 1 heterocycles. The van der Waals surface area contributed by atoms with Gasteiger partial charge in [-0.05, 0) is 37.9 Å². The van der Waals surface area contributed by atoms with Crippen molar-refractivity contribution in [1.29, 1.82) is 0 Å². The van der Waals surface area contributed by atoms with Crippen LogP contribution in [0.25, 0.3) is 5.69 Å². The summed E-state index contributed by atoms with van der Waals surface area (Å²) in [4.78, 5) is 0. The van der Waals surface area contributed by atoms with Gasteiger partial charge in [0.15, 0.2) is 11.0 Å². The van der Waals surface area contributed by atoms with E-state index in [4.69, 9.17) is 4.74 Å². The molecule has 0 unspecified atom stereocenters. The standard InChI is InChI=1S/C16H22N4O2S/c1-17-9-15-18-19-16(23-10-14(21)11-6-7-11)20(15)12-4-3-5-13(8-12)22-2/h3-5,8,11,14,17,21H,6-7,9-10H2,1-2H3/t14-/m1/s1. The molecule has 0 saturated heterocycles. The Bertz CT molecular complexity index is 657. The van der Waals surface area contributed by atoms with E-state index in [0.29, 0.717) is 18.2 Å². The van der Waals surface area contributed by atoms with E-state index in [1.54, 1.807) is 18.9 Å². The summed E-state index contributed by atoms with van der Waals surface area (Å²) in [5, 5.41) is 22.6. The number of rotatable bonds is 8. The third-order valence-electron chi connectivity index (χ3n) is 3.90. The van der Waals surface area contributed by atoms with Crippen molar-refractivity contribution in [2.24, 2.45) is 5.92 Å². The second kappa shape index (κ2) is 7.33. The largest absolute Gasteiger partial charge is 0.497 e. The minimum absolute atomic E-state index is 0.261. The summed E-state index contributed by atoms with van der Waals surface area (Å²) in [6, 6.07) is 7.83. The minimum Gasteiger partial charge on any atom is -0.497 e. The number of aliphatic hydroxyl groups excluding tert-OH is 1. The van der Waals surface area contributed by atoms with Crippen LogP contribution in [0, 0.1) is 5.92 Å². The molecule has 1 aromatic heterocycles. The van der Waals surface area contributed by atoms with Crippen molar-refractivity contribution in [1.82, 2.24) is 20.1 Å². The van der Waals surface area contributed by atoms with Crippen LogP contribution in [0.1, 0.15) is 18.7 Å². The monoisotopic (exact) mass is 334 g/mol. The number of thioether (sulfide) groups is 1. The van der Waals surface area contributed by atoms with Crippen molar-refractivity contribution >= 4 is 11.8 Å². The van der Waals surface area contributed by atoms with Gasteiger partial charge in [-0.3, -0.25) is 4.57 Å².